The van der Waals surface area contributed by atoms with Crippen molar-refractivity contribution in [3.63, 3.8) is 0 Å². The van der Waals surface area contributed by atoms with E-state index in [1.54, 1.807) is 6.07 Å². The molecule has 1 aromatic carbocycles. The number of benzene rings is 1. The number of nitrogens with one attached hydrogen (secondary N) is 1. The van der Waals surface area contributed by atoms with E-state index in [1.165, 1.54) is 0 Å². The fourth-order valence-corrected chi connectivity index (χ4v) is 6.03. The molecule has 4 rings (SSSR count). The molecule has 2 saturated carbocycles. The molecular formula is C14H14F3NOS. The Morgan fingerprint density at radius 1 is 1.20 bits per heavy atom. The van der Waals surface area contributed by atoms with E-state index in [2.05, 4.69) is 4.72 Å². The second-order valence-electron chi connectivity index (χ2n) is 6.02. The van der Waals surface area contributed by atoms with Crippen molar-refractivity contribution in [1.82, 2.24) is 0 Å². The van der Waals surface area contributed by atoms with Crippen LogP contribution < -0.4 is 4.72 Å². The van der Waals surface area contributed by atoms with E-state index in [-0.39, 0.29) is 11.2 Å². The Hall–Kier alpha value is -1.04. The van der Waals surface area contributed by atoms with Gasteiger partial charge in [0.2, 0.25) is 0 Å². The Balaban J connectivity index is 1.80. The lowest BCUT2D eigenvalue weighted by Crippen LogP contribution is -2.37. The summed E-state index contributed by atoms with van der Waals surface area (Å²) in [7, 11) is -1.26. The second-order valence-corrected chi connectivity index (χ2v) is 7.37. The second kappa shape index (κ2) is 4.00. The number of alkyl halides is 3. The molecule has 20 heavy (non-hydrogen) atoms. The highest BCUT2D eigenvalue weighted by molar-refractivity contribution is 7.87. The first kappa shape index (κ1) is 12.7. The third kappa shape index (κ3) is 1.66. The summed E-state index contributed by atoms with van der Waals surface area (Å²) in [5.74, 6) is 1.13. The smallest absolute Gasteiger partial charge is 0.305 e. The SMILES string of the molecule is O=S1Nc2cc(C(F)(F)F)ccc2C2C3CCC(C3)C21. The van der Waals surface area contributed by atoms with Gasteiger partial charge < -0.3 is 4.72 Å². The van der Waals surface area contributed by atoms with Crippen LogP contribution in [0.3, 0.4) is 0 Å². The largest absolute Gasteiger partial charge is 0.416 e. The van der Waals surface area contributed by atoms with E-state index in [4.69, 9.17) is 0 Å². The molecule has 108 valence electrons. The molecule has 0 radical (unpaired) electrons. The van der Waals surface area contributed by atoms with Gasteiger partial charge in [-0.2, -0.15) is 13.2 Å². The van der Waals surface area contributed by atoms with E-state index in [1.807, 2.05) is 0 Å². The number of anilines is 1. The zero-order chi connectivity index (χ0) is 14.1. The minimum absolute atomic E-state index is 0.0815. The molecule has 1 heterocycles. The van der Waals surface area contributed by atoms with Crippen molar-refractivity contribution in [3.05, 3.63) is 29.3 Å². The lowest BCUT2D eigenvalue weighted by molar-refractivity contribution is -0.137. The van der Waals surface area contributed by atoms with Crippen molar-refractivity contribution >= 4 is 16.7 Å². The van der Waals surface area contributed by atoms with Gasteiger partial charge in [-0.3, -0.25) is 0 Å². The topological polar surface area (TPSA) is 29.1 Å². The van der Waals surface area contributed by atoms with E-state index >= 15 is 0 Å². The molecular weight excluding hydrogens is 287 g/mol. The van der Waals surface area contributed by atoms with Gasteiger partial charge >= 0.3 is 6.18 Å². The molecule has 0 aromatic heterocycles. The molecule has 2 bridgehead atoms. The zero-order valence-corrected chi connectivity index (χ0v) is 11.4. The molecule has 1 N–H and O–H groups in total. The van der Waals surface area contributed by atoms with Crippen LogP contribution in [0.2, 0.25) is 0 Å². The highest BCUT2D eigenvalue weighted by atomic mass is 32.2. The number of halogens is 3. The first-order chi connectivity index (χ1) is 9.45. The summed E-state index contributed by atoms with van der Waals surface area (Å²) in [4.78, 5) is 0. The van der Waals surface area contributed by atoms with E-state index < -0.39 is 22.7 Å². The molecule has 5 atom stereocenters. The van der Waals surface area contributed by atoms with E-state index in [9.17, 15) is 17.4 Å². The van der Waals surface area contributed by atoms with Crippen molar-refractivity contribution in [2.45, 2.75) is 36.6 Å². The van der Waals surface area contributed by atoms with Crippen LogP contribution in [-0.4, -0.2) is 9.46 Å². The van der Waals surface area contributed by atoms with Crippen molar-refractivity contribution < 1.29 is 17.4 Å². The predicted molar refractivity (Wildman–Crippen MR) is 70.6 cm³/mol. The fourth-order valence-electron chi connectivity index (χ4n) is 4.27. The summed E-state index contributed by atoms with van der Waals surface area (Å²) in [6.07, 6.45) is -1.06. The predicted octanol–water partition coefficient (Wildman–Crippen LogP) is 3.68. The summed E-state index contributed by atoms with van der Waals surface area (Å²) < 4.78 is 53.4. The molecule has 2 aliphatic carbocycles. The molecule has 2 nitrogen and oxygen atoms in total. The summed E-state index contributed by atoms with van der Waals surface area (Å²) in [6.45, 7) is 0. The van der Waals surface area contributed by atoms with Crippen LogP contribution in [0.15, 0.2) is 18.2 Å². The maximum Gasteiger partial charge on any atom is 0.416 e. The Labute approximate surface area is 117 Å². The van der Waals surface area contributed by atoms with Gasteiger partial charge in [0.05, 0.1) is 16.5 Å². The van der Waals surface area contributed by atoms with Crippen LogP contribution >= 0.6 is 0 Å². The number of hydrogen-bond acceptors (Lipinski definition) is 1. The van der Waals surface area contributed by atoms with Crippen molar-refractivity contribution in [1.29, 1.82) is 0 Å². The maximum atomic E-state index is 12.8. The lowest BCUT2D eigenvalue weighted by Gasteiger charge is -2.36. The average molecular weight is 301 g/mol. The Kier molecular flexibility index (Phi) is 2.53. The molecule has 2 fully saturated rings. The van der Waals surface area contributed by atoms with Crippen molar-refractivity contribution in [2.75, 3.05) is 4.72 Å². The lowest BCUT2D eigenvalue weighted by atomic mass is 9.82. The van der Waals surface area contributed by atoms with Gasteiger partial charge in [-0.05, 0) is 48.8 Å². The normalized spacial score (nSPS) is 38.2. The minimum atomic E-state index is -4.36. The van der Waals surface area contributed by atoms with Crippen LogP contribution in [-0.2, 0) is 17.2 Å². The number of fused-ring (bicyclic) bond motifs is 7. The monoisotopic (exact) mass is 301 g/mol. The first-order valence-corrected chi connectivity index (χ1v) is 8.05. The van der Waals surface area contributed by atoms with Crippen LogP contribution in [0.5, 0.6) is 0 Å². The molecule has 3 aliphatic rings. The zero-order valence-electron chi connectivity index (χ0n) is 10.6. The van der Waals surface area contributed by atoms with Gasteiger partial charge in [0.15, 0.2) is 0 Å². The van der Waals surface area contributed by atoms with E-state index in [0.717, 1.165) is 37.0 Å². The van der Waals surface area contributed by atoms with Gasteiger partial charge in [-0.1, -0.05) is 6.07 Å². The van der Waals surface area contributed by atoms with Crippen LogP contribution in [0.1, 0.15) is 36.3 Å². The average Bonchev–Trinajstić information content (AvgIpc) is 2.98. The molecule has 6 heteroatoms. The molecule has 1 aromatic rings. The minimum Gasteiger partial charge on any atom is -0.305 e. The Morgan fingerprint density at radius 2 is 1.95 bits per heavy atom. The van der Waals surface area contributed by atoms with E-state index in [0.29, 0.717) is 17.5 Å². The summed E-state index contributed by atoms with van der Waals surface area (Å²) in [5, 5.41) is 0.0815. The van der Waals surface area contributed by atoms with Gasteiger partial charge in [-0.15, -0.1) is 0 Å². The molecule has 1 aliphatic heterocycles. The Morgan fingerprint density at radius 3 is 2.70 bits per heavy atom. The highest BCUT2D eigenvalue weighted by Gasteiger charge is 2.53. The fraction of sp³-hybridized carbons (Fsp3) is 0.571. The summed E-state index contributed by atoms with van der Waals surface area (Å²) in [6, 6.07) is 3.84. The number of rotatable bonds is 0. The summed E-state index contributed by atoms with van der Waals surface area (Å²) in [5.41, 5.74) is 0.657. The van der Waals surface area contributed by atoms with Crippen LogP contribution in [0, 0.1) is 11.8 Å². The number of hydrogen-bond donors (Lipinski definition) is 1. The van der Waals surface area contributed by atoms with Gasteiger partial charge in [-0.25, -0.2) is 4.21 Å². The van der Waals surface area contributed by atoms with Crippen LogP contribution in [0.4, 0.5) is 18.9 Å². The molecule has 0 saturated heterocycles. The highest BCUT2D eigenvalue weighted by Crippen LogP contribution is 2.58. The van der Waals surface area contributed by atoms with Crippen molar-refractivity contribution in [3.8, 4) is 0 Å². The van der Waals surface area contributed by atoms with Crippen LogP contribution in [0.25, 0.3) is 0 Å². The Bertz CT molecular complexity index is 601. The maximum absolute atomic E-state index is 12.8. The third-order valence-electron chi connectivity index (χ3n) is 5.04. The molecule has 0 spiro atoms. The summed E-state index contributed by atoms with van der Waals surface area (Å²) >= 11 is 0. The van der Waals surface area contributed by atoms with Crippen molar-refractivity contribution in [2.24, 2.45) is 11.8 Å². The third-order valence-corrected chi connectivity index (χ3v) is 6.63. The molecule has 5 unspecified atom stereocenters. The van der Waals surface area contributed by atoms with Gasteiger partial charge in [0.25, 0.3) is 0 Å². The van der Waals surface area contributed by atoms with Gasteiger partial charge in [0, 0.05) is 5.92 Å². The molecule has 0 amide bonds. The first-order valence-electron chi connectivity index (χ1n) is 6.83. The van der Waals surface area contributed by atoms with Gasteiger partial charge in [0.1, 0.15) is 11.0 Å². The standard InChI is InChI=1S/C14H14F3NOS/c15-14(16,17)9-3-4-10-11(6-9)18-20(19)13-8-2-1-7(5-8)12(10)13/h3-4,6-8,12-13,18H,1-2,5H2. The quantitative estimate of drug-likeness (QED) is 0.778.